The minimum atomic E-state index is 0.606. The second-order valence-electron chi connectivity index (χ2n) is 4.23. The van der Waals surface area contributed by atoms with E-state index in [9.17, 15) is 0 Å². The molecule has 0 spiro atoms. The maximum absolute atomic E-state index is 5.94. The van der Waals surface area contributed by atoms with Gasteiger partial charge in [-0.2, -0.15) is 0 Å². The first-order chi connectivity index (χ1) is 7.16. The lowest BCUT2D eigenvalue weighted by molar-refractivity contribution is 0.110. The lowest BCUT2D eigenvalue weighted by Crippen LogP contribution is -2.54. The highest BCUT2D eigenvalue weighted by molar-refractivity contribution is 7.16. The molecule has 1 aromatic heterocycles. The summed E-state index contributed by atoms with van der Waals surface area (Å²) >= 11 is 7.63. The molecule has 0 unspecified atom stereocenters. The number of hydrogen-bond donors (Lipinski definition) is 1. The van der Waals surface area contributed by atoms with Crippen LogP contribution in [0.15, 0.2) is 12.1 Å². The molecule has 0 bridgehead atoms. The summed E-state index contributed by atoms with van der Waals surface area (Å²) in [6.45, 7) is 7.75. The summed E-state index contributed by atoms with van der Waals surface area (Å²) < 4.78 is 0.889. The van der Waals surface area contributed by atoms with Crippen LogP contribution in [0.1, 0.15) is 18.7 Å². The minimum absolute atomic E-state index is 0.606. The Bertz CT molecular complexity index is 316. The molecule has 1 N–H and O–H groups in total. The number of halogens is 1. The maximum Gasteiger partial charge on any atom is 0.0931 e. The van der Waals surface area contributed by atoms with E-state index in [4.69, 9.17) is 11.6 Å². The van der Waals surface area contributed by atoms with Gasteiger partial charge in [0.15, 0.2) is 0 Å². The van der Waals surface area contributed by atoms with Crippen molar-refractivity contribution < 1.29 is 0 Å². The molecule has 0 saturated carbocycles. The third-order valence-corrected chi connectivity index (χ3v) is 4.19. The van der Waals surface area contributed by atoms with Crippen LogP contribution in [-0.4, -0.2) is 30.1 Å². The van der Waals surface area contributed by atoms with Crippen molar-refractivity contribution in [1.29, 1.82) is 0 Å². The fourth-order valence-corrected chi connectivity index (χ4v) is 3.19. The van der Waals surface area contributed by atoms with Gasteiger partial charge in [0, 0.05) is 36.6 Å². The third kappa shape index (κ3) is 2.72. The molecule has 1 aliphatic heterocycles. The molecule has 2 nitrogen and oxygen atoms in total. The predicted molar refractivity (Wildman–Crippen MR) is 66.7 cm³/mol. The molecule has 1 aromatic rings. The van der Waals surface area contributed by atoms with Gasteiger partial charge in [0.2, 0.25) is 0 Å². The molecule has 1 aliphatic rings. The monoisotopic (exact) mass is 244 g/mol. The normalized spacial score (nSPS) is 28.2. The number of thiophene rings is 1. The Balaban J connectivity index is 2.03. The summed E-state index contributed by atoms with van der Waals surface area (Å²) in [6.07, 6.45) is 0. The molecular weight excluding hydrogens is 228 g/mol. The maximum atomic E-state index is 5.94. The van der Waals surface area contributed by atoms with Crippen molar-refractivity contribution in [3.63, 3.8) is 0 Å². The van der Waals surface area contributed by atoms with Crippen LogP contribution in [0.3, 0.4) is 0 Å². The molecule has 2 heterocycles. The van der Waals surface area contributed by atoms with Gasteiger partial charge in [-0.15, -0.1) is 11.3 Å². The van der Waals surface area contributed by atoms with E-state index in [1.165, 1.54) is 4.88 Å². The Morgan fingerprint density at radius 3 is 2.60 bits per heavy atom. The van der Waals surface area contributed by atoms with Crippen LogP contribution in [0.4, 0.5) is 0 Å². The number of rotatable bonds is 2. The fourth-order valence-electron chi connectivity index (χ4n) is 2.10. The van der Waals surface area contributed by atoms with Crippen molar-refractivity contribution in [2.75, 3.05) is 13.1 Å². The second kappa shape index (κ2) is 4.83. The topological polar surface area (TPSA) is 15.3 Å². The SMILES string of the molecule is C[C@@H]1CNC[C@H](C)N1Cc1ccc(Cl)s1. The van der Waals surface area contributed by atoms with Crippen LogP contribution in [0, 0.1) is 0 Å². The Labute approximate surface area is 100 Å². The van der Waals surface area contributed by atoms with Crippen LogP contribution >= 0.6 is 22.9 Å². The largest absolute Gasteiger partial charge is 0.314 e. The smallest absolute Gasteiger partial charge is 0.0931 e. The first-order valence-corrected chi connectivity index (χ1v) is 6.57. The van der Waals surface area contributed by atoms with Gasteiger partial charge in [-0.25, -0.2) is 0 Å². The molecule has 84 valence electrons. The average Bonchev–Trinajstić information content (AvgIpc) is 2.58. The second-order valence-corrected chi connectivity index (χ2v) is 6.03. The van der Waals surface area contributed by atoms with E-state index in [1.807, 2.05) is 6.07 Å². The van der Waals surface area contributed by atoms with Crippen molar-refractivity contribution in [3.8, 4) is 0 Å². The van der Waals surface area contributed by atoms with Crippen molar-refractivity contribution in [2.24, 2.45) is 0 Å². The van der Waals surface area contributed by atoms with Crippen LogP contribution < -0.4 is 5.32 Å². The van der Waals surface area contributed by atoms with E-state index in [0.717, 1.165) is 24.0 Å². The molecule has 0 aliphatic carbocycles. The minimum Gasteiger partial charge on any atom is -0.314 e. The van der Waals surface area contributed by atoms with Crippen molar-refractivity contribution in [2.45, 2.75) is 32.5 Å². The molecule has 0 radical (unpaired) electrons. The fraction of sp³-hybridized carbons (Fsp3) is 0.636. The van der Waals surface area contributed by atoms with Crippen molar-refractivity contribution in [3.05, 3.63) is 21.3 Å². The zero-order chi connectivity index (χ0) is 10.8. The number of piperazine rings is 1. The summed E-state index contributed by atoms with van der Waals surface area (Å²) in [6, 6.07) is 5.33. The molecule has 2 rings (SSSR count). The summed E-state index contributed by atoms with van der Waals surface area (Å²) in [5.74, 6) is 0. The molecule has 4 heteroatoms. The van der Waals surface area contributed by atoms with Gasteiger partial charge in [0.1, 0.15) is 0 Å². The van der Waals surface area contributed by atoms with E-state index in [0.29, 0.717) is 12.1 Å². The van der Waals surface area contributed by atoms with E-state index in [-0.39, 0.29) is 0 Å². The van der Waals surface area contributed by atoms with Gasteiger partial charge >= 0.3 is 0 Å². The highest BCUT2D eigenvalue weighted by Crippen LogP contribution is 2.24. The van der Waals surface area contributed by atoms with Gasteiger partial charge in [-0.1, -0.05) is 11.6 Å². The molecular formula is C11H17ClN2S. The Hall–Kier alpha value is -0.0900. The van der Waals surface area contributed by atoms with Gasteiger partial charge in [-0.05, 0) is 26.0 Å². The number of nitrogens with one attached hydrogen (secondary N) is 1. The molecule has 15 heavy (non-hydrogen) atoms. The van der Waals surface area contributed by atoms with Gasteiger partial charge in [-0.3, -0.25) is 4.90 Å². The lowest BCUT2D eigenvalue weighted by Gasteiger charge is -2.39. The lowest BCUT2D eigenvalue weighted by atomic mass is 10.1. The Kier molecular flexibility index (Phi) is 3.67. The van der Waals surface area contributed by atoms with Crippen LogP contribution in [-0.2, 0) is 6.54 Å². The first kappa shape index (κ1) is 11.4. The van der Waals surface area contributed by atoms with E-state index in [2.05, 4.69) is 30.1 Å². The Morgan fingerprint density at radius 2 is 2.07 bits per heavy atom. The van der Waals surface area contributed by atoms with Crippen LogP contribution in [0.25, 0.3) is 0 Å². The van der Waals surface area contributed by atoms with E-state index in [1.54, 1.807) is 11.3 Å². The van der Waals surface area contributed by atoms with Gasteiger partial charge in [0.05, 0.1) is 4.34 Å². The Morgan fingerprint density at radius 1 is 1.40 bits per heavy atom. The molecule has 1 saturated heterocycles. The predicted octanol–water partition coefficient (Wildman–Crippen LogP) is 2.58. The van der Waals surface area contributed by atoms with Gasteiger partial charge in [0.25, 0.3) is 0 Å². The molecule has 2 atom stereocenters. The molecule has 1 fully saturated rings. The van der Waals surface area contributed by atoms with Crippen molar-refractivity contribution >= 4 is 22.9 Å². The summed E-state index contributed by atoms with van der Waals surface area (Å²) in [7, 11) is 0. The van der Waals surface area contributed by atoms with E-state index >= 15 is 0 Å². The number of nitrogens with zero attached hydrogens (tertiary/aromatic N) is 1. The van der Waals surface area contributed by atoms with Crippen molar-refractivity contribution in [1.82, 2.24) is 10.2 Å². The van der Waals surface area contributed by atoms with Crippen LogP contribution in [0.2, 0.25) is 4.34 Å². The zero-order valence-electron chi connectivity index (χ0n) is 9.16. The summed E-state index contributed by atoms with van der Waals surface area (Å²) in [4.78, 5) is 3.90. The molecule has 0 amide bonds. The number of hydrogen-bond acceptors (Lipinski definition) is 3. The molecule has 0 aromatic carbocycles. The quantitative estimate of drug-likeness (QED) is 0.861. The highest BCUT2D eigenvalue weighted by Gasteiger charge is 2.24. The first-order valence-electron chi connectivity index (χ1n) is 5.37. The highest BCUT2D eigenvalue weighted by atomic mass is 35.5. The van der Waals surface area contributed by atoms with E-state index < -0.39 is 0 Å². The zero-order valence-corrected chi connectivity index (χ0v) is 10.7. The van der Waals surface area contributed by atoms with Gasteiger partial charge < -0.3 is 5.32 Å². The standard InChI is InChI=1S/C11H17ClN2S/c1-8-5-13-6-9(2)14(8)7-10-3-4-11(12)15-10/h3-4,8-9,13H,5-7H2,1-2H3/t8-,9+. The third-order valence-electron chi connectivity index (χ3n) is 2.98. The van der Waals surface area contributed by atoms with Crippen LogP contribution in [0.5, 0.6) is 0 Å². The summed E-state index contributed by atoms with van der Waals surface area (Å²) in [5, 5.41) is 3.44. The average molecular weight is 245 g/mol. The summed E-state index contributed by atoms with van der Waals surface area (Å²) in [5.41, 5.74) is 0.